The predicted molar refractivity (Wildman–Crippen MR) is 56.4 cm³/mol. The van der Waals surface area contributed by atoms with Gasteiger partial charge in [0.15, 0.2) is 0 Å². The lowest BCUT2D eigenvalue weighted by Crippen LogP contribution is -2.43. The van der Waals surface area contributed by atoms with Crippen LogP contribution in [0.25, 0.3) is 0 Å². The second kappa shape index (κ2) is 6.55. The summed E-state index contributed by atoms with van der Waals surface area (Å²) < 4.78 is 36.3. The zero-order chi connectivity index (χ0) is 10.6. The zero-order valence-electron chi connectivity index (χ0n) is 8.81. The number of alkyl halides is 3. The van der Waals surface area contributed by atoms with E-state index in [-0.39, 0.29) is 12.4 Å². The van der Waals surface area contributed by atoms with E-state index in [0.29, 0.717) is 19.0 Å². The second-order valence-electron chi connectivity index (χ2n) is 3.92. The normalized spacial score (nSPS) is 23.6. The molecule has 1 heterocycles. The van der Waals surface area contributed by atoms with Gasteiger partial charge in [-0.05, 0) is 38.9 Å². The monoisotopic (exact) mass is 246 g/mol. The average Bonchev–Trinajstić information content (AvgIpc) is 2.02. The summed E-state index contributed by atoms with van der Waals surface area (Å²) in [6.45, 7) is 1.21. The van der Waals surface area contributed by atoms with Crippen molar-refractivity contribution in [1.82, 2.24) is 10.2 Å². The van der Waals surface area contributed by atoms with E-state index in [0.717, 1.165) is 19.4 Å². The van der Waals surface area contributed by atoms with E-state index in [1.165, 1.54) is 4.90 Å². The first-order valence-electron chi connectivity index (χ1n) is 4.95. The topological polar surface area (TPSA) is 15.3 Å². The smallest absolute Gasteiger partial charge is 0.319 e. The fourth-order valence-electron chi connectivity index (χ4n) is 2.00. The van der Waals surface area contributed by atoms with Crippen molar-refractivity contribution in [2.24, 2.45) is 5.92 Å². The molecular weight excluding hydrogens is 229 g/mol. The van der Waals surface area contributed by atoms with Gasteiger partial charge in [-0.25, -0.2) is 0 Å². The maximum atomic E-state index is 12.1. The van der Waals surface area contributed by atoms with Crippen molar-refractivity contribution in [3.8, 4) is 0 Å². The number of likely N-dealkylation sites (tertiary alicyclic amines) is 1. The largest absolute Gasteiger partial charge is 0.401 e. The van der Waals surface area contributed by atoms with E-state index in [9.17, 15) is 13.2 Å². The summed E-state index contributed by atoms with van der Waals surface area (Å²) in [6.07, 6.45) is -2.14. The molecule has 92 valence electrons. The maximum absolute atomic E-state index is 12.1. The Bertz CT molecular complexity index is 173. The molecule has 0 radical (unpaired) electrons. The van der Waals surface area contributed by atoms with Crippen molar-refractivity contribution in [2.45, 2.75) is 19.0 Å². The maximum Gasteiger partial charge on any atom is 0.401 e. The molecule has 2 nitrogen and oxygen atoms in total. The molecule has 6 heteroatoms. The number of halogens is 4. The lowest BCUT2D eigenvalue weighted by Gasteiger charge is -2.32. The standard InChI is InChI=1S/C9H17F3N2.ClH/c1-13-5-8-3-2-4-14(6-8)7-9(10,11)12;/h8,13H,2-7H2,1H3;1H. The second-order valence-corrected chi connectivity index (χ2v) is 3.92. The summed E-state index contributed by atoms with van der Waals surface area (Å²) in [6, 6.07) is 0. The summed E-state index contributed by atoms with van der Waals surface area (Å²) in [5, 5.41) is 3.01. The summed E-state index contributed by atoms with van der Waals surface area (Å²) >= 11 is 0. The van der Waals surface area contributed by atoms with Crippen molar-refractivity contribution < 1.29 is 13.2 Å². The van der Waals surface area contributed by atoms with E-state index in [4.69, 9.17) is 0 Å². The van der Waals surface area contributed by atoms with Crippen molar-refractivity contribution in [1.29, 1.82) is 0 Å². The molecule has 0 aromatic rings. The van der Waals surface area contributed by atoms with E-state index in [2.05, 4.69) is 5.32 Å². The summed E-state index contributed by atoms with van der Waals surface area (Å²) in [7, 11) is 1.84. The van der Waals surface area contributed by atoms with Gasteiger partial charge in [0.25, 0.3) is 0 Å². The van der Waals surface area contributed by atoms with Crippen molar-refractivity contribution in [3.05, 3.63) is 0 Å². The van der Waals surface area contributed by atoms with Crippen LogP contribution in [0.3, 0.4) is 0 Å². The highest BCUT2D eigenvalue weighted by atomic mass is 35.5. The molecule has 1 aliphatic heterocycles. The van der Waals surface area contributed by atoms with Gasteiger partial charge in [0, 0.05) is 6.54 Å². The molecular formula is C9H18ClF3N2. The molecule has 15 heavy (non-hydrogen) atoms. The molecule has 1 N–H and O–H groups in total. The van der Waals surface area contributed by atoms with Gasteiger partial charge in [0.1, 0.15) is 0 Å². The minimum Gasteiger partial charge on any atom is -0.319 e. The minimum atomic E-state index is -4.05. The highest BCUT2D eigenvalue weighted by Gasteiger charge is 2.32. The Hall–Kier alpha value is -0.0000000000000000555. The van der Waals surface area contributed by atoms with E-state index in [1.807, 2.05) is 7.05 Å². The fraction of sp³-hybridized carbons (Fsp3) is 1.00. The molecule has 1 unspecified atom stereocenters. The van der Waals surface area contributed by atoms with Crippen LogP contribution in [-0.4, -0.2) is 44.3 Å². The Morgan fingerprint density at radius 1 is 1.40 bits per heavy atom. The average molecular weight is 247 g/mol. The zero-order valence-corrected chi connectivity index (χ0v) is 9.63. The van der Waals surface area contributed by atoms with Crippen LogP contribution in [0.5, 0.6) is 0 Å². The van der Waals surface area contributed by atoms with Crippen molar-refractivity contribution >= 4 is 12.4 Å². The lowest BCUT2D eigenvalue weighted by molar-refractivity contribution is -0.149. The van der Waals surface area contributed by atoms with E-state index >= 15 is 0 Å². The molecule has 1 atom stereocenters. The molecule has 0 aromatic carbocycles. The highest BCUT2D eigenvalue weighted by molar-refractivity contribution is 5.85. The van der Waals surface area contributed by atoms with Crippen LogP contribution in [0.4, 0.5) is 13.2 Å². The molecule has 0 amide bonds. The Morgan fingerprint density at radius 3 is 2.60 bits per heavy atom. The number of hydrogen-bond acceptors (Lipinski definition) is 2. The van der Waals surface area contributed by atoms with E-state index < -0.39 is 12.7 Å². The Labute approximate surface area is 94.6 Å². The minimum absolute atomic E-state index is 0. The molecule has 0 aromatic heterocycles. The van der Waals surface area contributed by atoms with Crippen molar-refractivity contribution in [3.63, 3.8) is 0 Å². The third-order valence-electron chi connectivity index (χ3n) is 2.50. The molecule has 1 rings (SSSR count). The SMILES string of the molecule is CNCC1CCCN(CC(F)(F)F)C1.Cl. The third-order valence-corrected chi connectivity index (χ3v) is 2.50. The number of nitrogens with one attached hydrogen (secondary N) is 1. The van der Waals surface area contributed by atoms with Crippen LogP contribution in [0.2, 0.25) is 0 Å². The number of hydrogen-bond donors (Lipinski definition) is 1. The third kappa shape index (κ3) is 6.22. The Kier molecular flexibility index (Phi) is 6.55. The molecule has 1 fully saturated rings. The molecule has 0 bridgehead atoms. The molecule has 0 saturated carbocycles. The summed E-state index contributed by atoms with van der Waals surface area (Å²) in [4.78, 5) is 1.51. The van der Waals surface area contributed by atoms with Gasteiger partial charge in [-0.15, -0.1) is 12.4 Å². The van der Waals surface area contributed by atoms with Gasteiger partial charge in [-0.3, -0.25) is 4.90 Å². The predicted octanol–water partition coefficient (Wildman–Crippen LogP) is 1.90. The molecule has 1 aliphatic rings. The van der Waals surface area contributed by atoms with Gasteiger partial charge in [-0.2, -0.15) is 13.2 Å². The fourth-order valence-corrected chi connectivity index (χ4v) is 2.00. The van der Waals surface area contributed by atoms with Gasteiger partial charge in [0.2, 0.25) is 0 Å². The van der Waals surface area contributed by atoms with Crippen LogP contribution in [0, 0.1) is 5.92 Å². The van der Waals surface area contributed by atoms with Crippen LogP contribution < -0.4 is 5.32 Å². The Balaban J connectivity index is 0.00000196. The highest BCUT2D eigenvalue weighted by Crippen LogP contribution is 2.21. The lowest BCUT2D eigenvalue weighted by atomic mass is 9.98. The van der Waals surface area contributed by atoms with Crippen LogP contribution in [0.15, 0.2) is 0 Å². The quantitative estimate of drug-likeness (QED) is 0.818. The molecule has 0 spiro atoms. The number of piperidine rings is 1. The van der Waals surface area contributed by atoms with Crippen LogP contribution in [0.1, 0.15) is 12.8 Å². The molecule has 1 saturated heterocycles. The first-order valence-corrected chi connectivity index (χ1v) is 4.95. The van der Waals surface area contributed by atoms with Gasteiger partial charge >= 0.3 is 6.18 Å². The van der Waals surface area contributed by atoms with E-state index in [1.54, 1.807) is 0 Å². The summed E-state index contributed by atoms with van der Waals surface area (Å²) in [5.41, 5.74) is 0. The van der Waals surface area contributed by atoms with Crippen molar-refractivity contribution in [2.75, 3.05) is 33.2 Å². The first kappa shape index (κ1) is 15.0. The number of nitrogens with zero attached hydrogens (tertiary/aromatic N) is 1. The van der Waals surface area contributed by atoms with Crippen LogP contribution in [-0.2, 0) is 0 Å². The van der Waals surface area contributed by atoms with Gasteiger partial charge in [-0.1, -0.05) is 0 Å². The number of rotatable bonds is 3. The van der Waals surface area contributed by atoms with Gasteiger partial charge < -0.3 is 5.32 Å². The summed E-state index contributed by atoms with van der Waals surface area (Å²) in [5.74, 6) is 0.371. The first-order chi connectivity index (χ1) is 6.51. The Morgan fingerprint density at radius 2 is 2.07 bits per heavy atom. The van der Waals surface area contributed by atoms with Gasteiger partial charge in [0.05, 0.1) is 6.54 Å². The molecule has 0 aliphatic carbocycles. The van der Waals surface area contributed by atoms with Crippen LogP contribution >= 0.6 is 12.4 Å².